The van der Waals surface area contributed by atoms with E-state index in [0.29, 0.717) is 0 Å². The Kier molecular flexibility index (Phi) is 5.15. The second-order valence-corrected chi connectivity index (χ2v) is 4.40. The fraction of sp³-hybridized carbons (Fsp3) is 0.667. The maximum Gasteiger partial charge on any atom is 0.323 e. The van der Waals surface area contributed by atoms with Crippen LogP contribution in [0.2, 0.25) is 0 Å². The van der Waals surface area contributed by atoms with Crippen molar-refractivity contribution in [2.75, 3.05) is 13.7 Å². The molecule has 0 aliphatic carbocycles. The summed E-state index contributed by atoms with van der Waals surface area (Å²) in [6, 6.07) is 1.73. The first-order valence-electron chi connectivity index (χ1n) is 5.84. The molecule has 5 heteroatoms. The van der Waals surface area contributed by atoms with E-state index in [-0.39, 0.29) is 17.9 Å². The van der Waals surface area contributed by atoms with Gasteiger partial charge in [0.2, 0.25) is 0 Å². The number of esters is 1. The van der Waals surface area contributed by atoms with Crippen molar-refractivity contribution in [3.05, 3.63) is 18.0 Å². The molecule has 1 rings (SSSR count). The average Bonchev–Trinajstić information content (AvgIpc) is 2.69. The van der Waals surface area contributed by atoms with Gasteiger partial charge in [-0.2, -0.15) is 5.10 Å². The van der Waals surface area contributed by atoms with E-state index in [1.165, 1.54) is 7.11 Å². The molecule has 0 aliphatic rings. The second-order valence-electron chi connectivity index (χ2n) is 4.40. The second kappa shape index (κ2) is 6.39. The van der Waals surface area contributed by atoms with Gasteiger partial charge in [0.25, 0.3) is 0 Å². The lowest BCUT2D eigenvalue weighted by atomic mass is 10.0. The third-order valence-corrected chi connectivity index (χ3v) is 2.79. The van der Waals surface area contributed by atoms with Crippen LogP contribution in [0.1, 0.15) is 19.5 Å². The first kappa shape index (κ1) is 13.7. The highest BCUT2D eigenvalue weighted by atomic mass is 16.5. The minimum Gasteiger partial charge on any atom is -0.468 e. The number of nitrogens with one attached hydrogen (secondary N) is 1. The number of rotatable bonds is 6. The minimum atomic E-state index is -0.242. The molecule has 0 radical (unpaired) electrons. The molecule has 1 aromatic rings. The summed E-state index contributed by atoms with van der Waals surface area (Å²) in [4.78, 5) is 11.5. The van der Waals surface area contributed by atoms with E-state index in [1.807, 2.05) is 31.6 Å². The van der Waals surface area contributed by atoms with Crippen molar-refractivity contribution in [2.45, 2.75) is 26.3 Å². The Morgan fingerprint density at radius 1 is 1.59 bits per heavy atom. The van der Waals surface area contributed by atoms with Crippen molar-refractivity contribution < 1.29 is 9.53 Å². The van der Waals surface area contributed by atoms with Gasteiger partial charge >= 0.3 is 5.97 Å². The molecule has 0 aliphatic heterocycles. The lowest BCUT2D eigenvalue weighted by Crippen LogP contribution is -2.42. The van der Waals surface area contributed by atoms with Crippen LogP contribution in [-0.4, -0.2) is 35.4 Å². The molecule has 0 spiro atoms. The van der Waals surface area contributed by atoms with Crippen molar-refractivity contribution >= 4 is 5.97 Å². The average molecular weight is 239 g/mol. The van der Waals surface area contributed by atoms with Crippen molar-refractivity contribution in [3.8, 4) is 0 Å². The lowest BCUT2D eigenvalue weighted by Gasteiger charge is -2.19. The zero-order valence-electron chi connectivity index (χ0n) is 10.9. The van der Waals surface area contributed by atoms with E-state index >= 15 is 0 Å². The first-order chi connectivity index (χ1) is 8.06. The molecule has 0 bridgehead atoms. The molecule has 0 amide bonds. The van der Waals surface area contributed by atoms with Crippen LogP contribution >= 0.6 is 0 Å². The molecule has 0 aromatic carbocycles. The van der Waals surface area contributed by atoms with Gasteiger partial charge in [-0.25, -0.2) is 0 Å². The topological polar surface area (TPSA) is 56.1 Å². The van der Waals surface area contributed by atoms with E-state index in [0.717, 1.165) is 18.7 Å². The first-order valence-corrected chi connectivity index (χ1v) is 5.84. The van der Waals surface area contributed by atoms with Gasteiger partial charge < -0.3 is 10.1 Å². The standard InChI is InChI=1S/C12H21N3O2/c1-9(2)11(12(16)17-4)13-7-5-10-6-8-14-15(10)3/h6,8-9,11,13H,5,7H2,1-4H3. The van der Waals surface area contributed by atoms with Crippen LogP contribution in [0, 0.1) is 5.92 Å². The van der Waals surface area contributed by atoms with Crippen LogP contribution in [-0.2, 0) is 23.0 Å². The molecular weight excluding hydrogens is 218 g/mol. The van der Waals surface area contributed by atoms with Crippen LogP contribution in [0.3, 0.4) is 0 Å². The van der Waals surface area contributed by atoms with Crippen molar-refractivity contribution in [1.29, 1.82) is 0 Å². The summed E-state index contributed by atoms with van der Waals surface area (Å²) >= 11 is 0. The molecule has 0 saturated heterocycles. The van der Waals surface area contributed by atoms with Crippen molar-refractivity contribution in [3.63, 3.8) is 0 Å². The van der Waals surface area contributed by atoms with Crippen LogP contribution in [0.25, 0.3) is 0 Å². The highest BCUT2D eigenvalue weighted by Crippen LogP contribution is 2.04. The third kappa shape index (κ3) is 3.85. The van der Waals surface area contributed by atoms with Gasteiger partial charge in [0.15, 0.2) is 0 Å². The molecule has 17 heavy (non-hydrogen) atoms. The Hall–Kier alpha value is -1.36. The van der Waals surface area contributed by atoms with Crippen LogP contribution in [0.4, 0.5) is 0 Å². The van der Waals surface area contributed by atoms with E-state index in [2.05, 4.69) is 10.4 Å². The van der Waals surface area contributed by atoms with E-state index in [9.17, 15) is 4.79 Å². The normalized spacial score (nSPS) is 12.8. The van der Waals surface area contributed by atoms with Crippen LogP contribution < -0.4 is 5.32 Å². The summed E-state index contributed by atoms with van der Waals surface area (Å²) < 4.78 is 6.60. The fourth-order valence-corrected chi connectivity index (χ4v) is 1.72. The van der Waals surface area contributed by atoms with Gasteiger partial charge in [-0.05, 0) is 12.0 Å². The number of methoxy groups -OCH3 is 1. The van der Waals surface area contributed by atoms with E-state index in [4.69, 9.17) is 4.74 Å². The van der Waals surface area contributed by atoms with Crippen molar-refractivity contribution in [2.24, 2.45) is 13.0 Å². The maximum absolute atomic E-state index is 11.5. The van der Waals surface area contributed by atoms with E-state index < -0.39 is 0 Å². The predicted octanol–water partition coefficient (Wildman–Crippen LogP) is 0.750. The van der Waals surface area contributed by atoms with Gasteiger partial charge in [0.1, 0.15) is 6.04 Å². The minimum absolute atomic E-state index is 0.204. The quantitative estimate of drug-likeness (QED) is 0.744. The zero-order chi connectivity index (χ0) is 12.8. The summed E-state index contributed by atoms with van der Waals surface area (Å²) in [6.07, 6.45) is 2.62. The zero-order valence-corrected chi connectivity index (χ0v) is 10.9. The highest BCUT2D eigenvalue weighted by Gasteiger charge is 2.21. The summed E-state index contributed by atoms with van der Waals surface area (Å²) in [5.74, 6) is 0.0130. The molecule has 1 heterocycles. The van der Waals surface area contributed by atoms with E-state index in [1.54, 1.807) is 6.20 Å². The number of aromatic nitrogens is 2. The molecule has 5 nitrogen and oxygen atoms in total. The van der Waals surface area contributed by atoms with Gasteiger partial charge in [0, 0.05) is 31.9 Å². The van der Waals surface area contributed by atoms with Crippen molar-refractivity contribution in [1.82, 2.24) is 15.1 Å². The Bertz CT molecular complexity index is 360. The van der Waals surface area contributed by atoms with Gasteiger partial charge in [-0.1, -0.05) is 13.8 Å². The summed E-state index contributed by atoms with van der Waals surface area (Å²) in [5, 5.41) is 7.32. The largest absolute Gasteiger partial charge is 0.468 e. The molecule has 1 atom stereocenters. The molecule has 0 fully saturated rings. The summed E-state index contributed by atoms with van der Waals surface area (Å²) in [7, 11) is 3.33. The van der Waals surface area contributed by atoms with Crippen LogP contribution in [0.5, 0.6) is 0 Å². The van der Waals surface area contributed by atoms with Gasteiger partial charge in [-0.3, -0.25) is 9.48 Å². The molecular formula is C12H21N3O2. The third-order valence-electron chi connectivity index (χ3n) is 2.79. The van der Waals surface area contributed by atoms with Gasteiger partial charge in [0.05, 0.1) is 7.11 Å². The number of hydrogen-bond acceptors (Lipinski definition) is 4. The predicted molar refractivity (Wildman–Crippen MR) is 65.6 cm³/mol. The fourth-order valence-electron chi connectivity index (χ4n) is 1.72. The monoisotopic (exact) mass is 239 g/mol. The SMILES string of the molecule is COC(=O)C(NCCc1ccnn1C)C(C)C. The number of carbonyl (C=O) groups is 1. The Labute approximate surface area is 102 Å². The number of carbonyl (C=O) groups excluding carboxylic acids is 1. The highest BCUT2D eigenvalue weighted by molar-refractivity contribution is 5.75. The molecule has 96 valence electrons. The summed E-state index contributed by atoms with van der Waals surface area (Å²) in [5.41, 5.74) is 1.14. The number of ether oxygens (including phenoxy) is 1. The maximum atomic E-state index is 11.5. The Morgan fingerprint density at radius 3 is 2.76 bits per heavy atom. The van der Waals surface area contributed by atoms with Gasteiger partial charge in [-0.15, -0.1) is 0 Å². The van der Waals surface area contributed by atoms with Crippen LogP contribution in [0.15, 0.2) is 12.3 Å². The molecule has 1 aromatic heterocycles. The number of aryl methyl sites for hydroxylation is 1. The lowest BCUT2D eigenvalue weighted by molar-refractivity contribution is -0.144. The molecule has 1 unspecified atom stereocenters. The number of nitrogens with zero attached hydrogens (tertiary/aromatic N) is 2. The summed E-state index contributed by atoms with van der Waals surface area (Å²) in [6.45, 7) is 4.73. The Morgan fingerprint density at radius 2 is 2.29 bits per heavy atom. The molecule has 0 saturated carbocycles. The Balaban J connectivity index is 2.43. The smallest absolute Gasteiger partial charge is 0.323 e. The number of hydrogen-bond donors (Lipinski definition) is 1. The molecule has 1 N–H and O–H groups in total.